The zero-order chi connectivity index (χ0) is 17.1. The van der Waals surface area contributed by atoms with E-state index >= 15 is 0 Å². The van der Waals surface area contributed by atoms with E-state index in [1.165, 1.54) is 6.33 Å². The minimum Gasteiger partial charge on any atom is -0.382 e. The number of halogens is 1. The number of aromatic nitrogens is 4. The lowest BCUT2D eigenvalue weighted by Gasteiger charge is -2.30. The molecule has 10 nitrogen and oxygen atoms in total. The van der Waals surface area contributed by atoms with E-state index in [9.17, 15) is 8.42 Å². The smallest absolute Gasteiger partial charge is 0.264 e. The van der Waals surface area contributed by atoms with E-state index in [1.807, 2.05) is 0 Å². The number of imidazole rings is 1. The van der Waals surface area contributed by atoms with E-state index in [0.29, 0.717) is 11.2 Å². The molecule has 0 aliphatic carbocycles. The van der Waals surface area contributed by atoms with Crippen LogP contribution < -0.4 is 5.73 Å². The number of alkyl halides is 1. The molecule has 130 valence electrons. The second-order valence-corrected chi connectivity index (χ2v) is 8.79. The van der Waals surface area contributed by atoms with Crippen LogP contribution >= 0.6 is 22.6 Å². The van der Waals surface area contributed by atoms with Crippen LogP contribution in [0.4, 0.5) is 5.82 Å². The molecule has 12 heteroatoms. The van der Waals surface area contributed by atoms with Crippen LogP contribution in [0.15, 0.2) is 12.7 Å². The molecule has 0 amide bonds. The summed E-state index contributed by atoms with van der Waals surface area (Å²) >= 11 is 2.21. The SMILES string of the molecule is CS(=O)(=O)OC[C@]12CO[C@@H](C1I)[C@H](n1cnc3c(N)ncnc31)O2. The van der Waals surface area contributed by atoms with Gasteiger partial charge in [-0.05, 0) is 0 Å². The Bertz CT molecular complexity index is 904. The Kier molecular flexibility index (Phi) is 3.72. The molecule has 2 saturated heterocycles. The minimum absolute atomic E-state index is 0.0847. The third kappa shape index (κ3) is 2.47. The first-order chi connectivity index (χ1) is 11.3. The summed E-state index contributed by atoms with van der Waals surface area (Å²) < 4.78 is 41.2. The number of fused-ring (bicyclic) bond motifs is 3. The number of hydrogen-bond acceptors (Lipinski definition) is 9. The van der Waals surface area contributed by atoms with Gasteiger partial charge in [-0.15, -0.1) is 0 Å². The summed E-state index contributed by atoms with van der Waals surface area (Å²) in [6.45, 7) is 0.164. The van der Waals surface area contributed by atoms with Crippen LogP contribution in [-0.2, 0) is 23.8 Å². The monoisotopic (exact) mass is 467 g/mol. The maximum atomic E-state index is 11.3. The van der Waals surface area contributed by atoms with E-state index in [-0.39, 0.29) is 29.1 Å². The van der Waals surface area contributed by atoms with Gasteiger partial charge in [-0.1, -0.05) is 22.6 Å². The molecule has 2 fully saturated rings. The van der Waals surface area contributed by atoms with Crippen molar-refractivity contribution >= 4 is 49.7 Å². The van der Waals surface area contributed by atoms with Gasteiger partial charge in [0.1, 0.15) is 23.5 Å². The van der Waals surface area contributed by atoms with Crippen LogP contribution in [0.25, 0.3) is 11.2 Å². The minimum atomic E-state index is -3.57. The highest BCUT2D eigenvalue weighted by Crippen LogP contribution is 2.49. The number of nitrogens with zero attached hydrogens (tertiary/aromatic N) is 4. The molecule has 2 aliphatic rings. The molecule has 0 aromatic carbocycles. The zero-order valence-corrected chi connectivity index (χ0v) is 15.5. The summed E-state index contributed by atoms with van der Waals surface area (Å²) in [5.74, 6) is 0.281. The van der Waals surface area contributed by atoms with Crippen LogP contribution in [0.3, 0.4) is 0 Å². The van der Waals surface area contributed by atoms with E-state index in [0.717, 1.165) is 6.26 Å². The second-order valence-electron chi connectivity index (χ2n) is 5.80. The van der Waals surface area contributed by atoms with Gasteiger partial charge in [0.15, 0.2) is 17.7 Å². The molecule has 2 aromatic rings. The van der Waals surface area contributed by atoms with E-state index in [2.05, 4.69) is 37.5 Å². The Morgan fingerprint density at radius 3 is 3.04 bits per heavy atom. The summed E-state index contributed by atoms with van der Waals surface area (Å²) in [5.41, 5.74) is 5.98. The van der Waals surface area contributed by atoms with Crippen LogP contribution in [0.5, 0.6) is 0 Å². The largest absolute Gasteiger partial charge is 0.382 e. The molecular weight excluding hydrogens is 453 g/mol. The van der Waals surface area contributed by atoms with Crippen molar-refractivity contribution in [1.29, 1.82) is 0 Å². The number of ether oxygens (including phenoxy) is 2. The highest BCUT2D eigenvalue weighted by Gasteiger charge is 2.61. The maximum absolute atomic E-state index is 11.3. The van der Waals surface area contributed by atoms with Crippen molar-refractivity contribution in [3.05, 3.63) is 12.7 Å². The first kappa shape index (κ1) is 16.4. The number of anilines is 1. The fraction of sp³-hybridized carbons (Fsp3) is 0.583. The third-order valence-corrected chi connectivity index (χ3v) is 6.52. The molecule has 2 N–H and O–H groups in total. The normalized spacial score (nSPS) is 32.7. The summed E-state index contributed by atoms with van der Waals surface area (Å²) in [6.07, 6.45) is 3.16. The van der Waals surface area contributed by atoms with Crippen molar-refractivity contribution in [3.63, 3.8) is 0 Å². The molecule has 2 aromatic heterocycles. The van der Waals surface area contributed by atoms with Gasteiger partial charge < -0.3 is 15.2 Å². The van der Waals surface area contributed by atoms with Gasteiger partial charge in [-0.3, -0.25) is 8.75 Å². The molecule has 24 heavy (non-hydrogen) atoms. The Morgan fingerprint density at radius 2 is 2.29 bits per heavy atom. The van der Waals surface area contributed by atoms with Crippen molar-refractivity contribution in [3.8, 4) is 0 Å². The highest BCUT2D eigenvalue weighted by atomic mass is 127. The fourth-order valence-corrected chi connectivity index (χ4v) is 4.45. The van der Waals surface area contributed by atoms with Gasteiger partial charge in [0.05, 0.1) is 29.7 Å². The first-order valence-corrected chi connectivity index (χ1v) is 10.1. The molecule has 4 heterocycles. The van der Waals surface area contributed by atoms with E-state index < -0.39 is 21.9 Å². The highest BCUT2D eigenvalue weighted by molar-refractivity contribution is 14.1. The third-order valence-electron chi connectivity index (χ3n) is 4.13. The summed E-state index contributed by atoms with van der Waals surface area (Å²) in [6, 6.07) is 0. The molecule has 0 spiro atoms. The number of hydrogen-bond donors (Lipinski definition) is 1. The molecule has 4 rings (SSSR count). The average molecular weight is 467 g/mol. The molecule has 4 atom stereocenters. The number of nitrogen functional groups attached to an aromatic ring is 1. The Balaban J connectivity index is 1.67. The van der Waals surface area contributed by atoms with Crippen LogP contribution in [0, 0.1) is 0 Å². The summed E-state index contributed by atoms with van der Waals surface area (Å²) in [4.78, 5) is 12.3. The first-order valence-electron chi connectivity index (χ1n) is 7.02. The Hall–Kier alpha value is -1.09. The summed E-state index contributed by atoms with van der Waals surface area (Å²) in [5, 5.41) is 0. The van der Waals surface area contributed by atoms with Crippen molar-refractivity contribution in [2.75, 3.05) is 25.2 Å². The van der Waals surface area contributed by atoms with Gasteiger partial charge in [0.2, 0.25) is 0 Å². The predicted molar refractivity (Wildman–Crippen MR) is 90.9 cm³/mol. The topological polar surface area (TPSA) is 131 Å². The second kappa shape index (κ2) is 5.45. The Labute approximate surface area is 151 Å². The van der Waals surface area contributed by atoms with Crippen molar-refractivity contribution < 1.29 is 22.1 Å². The fourth-order valence-electron chi connectivity index (χ4n) is 2.97. The maximum Gasteiger partial charge on any atom is 0.264 e. The molecule has 1 unspecified atom stereocenters. The van der Waals surface area contributed by atoms with Crippen molar-refractivity contribution in [1.82, 2.24) is 19.5 Å². The molecule has 2 aliphatic heterocycles. The predicted octanol–water partition coefficient (Wildman–Crippen LogP) is -0.145. The lowest BCUT2D eigenvalue weighted by atomic mass is 10.0. The summed E-state index contributed by atoms with van der Waals surface area (Å²) in [7, 11) is -3.57. The Morgan fingerprint density at radius 1 is 1.50 bits per heavy atom. The van der Waals surface area contributed by atoms with Gasteiger partial charge in [-0.2, -0.15) is 8.42 Å². The quantitative estimate of drug-likeness (QED) is 0.371. The van der Waals surface area contributed by atoms with Gasteiger partial charge in [-0.25, -0.2) is 15.0 Å². The van der Waals surface area contributed by atoms with Crippen LogP contribution in [0.1, 0.15) is 6.23 Å². The van der Waals surface area contributed by atoms with Gasteiger partial charge in [0.25, 0.3) is 10.1 Å². The van der Waals surface area contributed by atoms with Crippen molar-refractivity contribution in [2.45, 2.75) is 21.9 Å². The lowest BCUT2D eigenvalue weighted by Crippen LogP contribution is -2.43. The van der Waals surface area contributed by atoms with E-state index in [4.69, 9.17) is 19.4 Å². The lowest BCUT2D eigenvalue weighted by molar-refractivity contribution is -0.179. The van der Waals surface area contributed by atoms with Gasteiger partial charge >= 0.3 is 0 Å². The average Bonchev–Trinajstić information content (AvgIpc) is 3.16. The molecule has 0 radical (unpaired) electrons. The zero-order valence-electron chi connectivity index (χ0n) is 12.5. The van der Waals surface area contributed by atoms with Crippen LogP contribution in [-0.4, -0.2) is 63.0 Å². The van der Waals surface area contributed by atoms with E-state index in [1.54, 1.807) is 10.9 Å². The standard InChI is InChI=1S/C12H14IN5O5S/c1-24(19,20)22-3-12-2-21-7(8(12)13)11(23-12)18-5-17-6-9(14)15-4-16-10(6)18/h4-5,7-8,11H,2-3H2,1H3,(H2,14,15,16)/t7-,8?,11+,12+/m0/s1. The number of nitrogens with two attached hydrogens (primary N) is 1. The molecule has 0 saturated carbocycles. The molecule has 2 bridgehead atoms. The van der Waals surface area contributed by atoms with Crippen LogP contribution in [0.2, 0.25) is 0 Å². The van der Waals surface area contributed by atoms with Crippen molar-refractivity contribution in [2.24, 2.45) is 0 Å². The number of rotatable bonds is 4. The molecular formula is C12H14IN5O5S. The van der Waals surface area contributed by atoms with Gasteiger partial charge in [0, 0.05) is 0 Å².